The molecule has 6 nitrogen and oxygen atoms in total. The number of ketones is 1. The summed E-state index contributed by atoms with van der Waals surface area (Å²) < 4.78 is 7.28. The van der Waals surface area contributed by atoms with Crippen molar-refractivity contribution < 1.29 is 19.4 Å². The molecular formula is C27H22Cl2N2O4. The van der Waals surface area contributed by atoms with Gasteiger partial charge in [0.05, 0.1) is 23.3 Å². The number of carbonyl (C=O) groups is 2. The monoisotopic (exact) mass is 508 g/mol. The predicted molar refractivity (Wildman–Crippen MR) is 136 cm³/mol. The number of halogens is 2. The molecule has 0 saturated heterocycles. The minimum Gasteiger partial charge on any atom is -0.481 e. The van der Waals surface area contributed by atoms with Crippen molar-refractivity contribution in [1.29, 1.82) is 0 Å². The van der Waals surface area contributed by atoms with E-state index >= 15 is 0 Å². The third kappa shape index (κ3) is 6.10. The molecule has 0 saturated carbocycles. The standard InChI is InChI=1S/C27H22Cl2N2O4/c1-17-2-9-25(24(29)12-17)31-26(10-11-30-31)35-16-22(32)14-21-8-7-20(15-23(21)28)19-5-3-18(4-6-19)13-27(33)34/h2-12,15H,13-14,16H2,1H3,(H,33,34). The molecule has 178 valence electrons. The van der Waals surface area contributed by atoms with Crippen LogP contribution >= 0.6 is 23.2 Å². The van der Waals surface area contributed by atoms with Crippen LogP contribution in [0.3, 0.4) is 0 Å². The highest BCUT2D eigenvalue weighted by Gasteiger charge is 2.14. The molecule has 4 rings (SSSR count). The van der Waals surface area contributed by atoms with Gasteiger partial charge in [-0.2, -0.15) is 9.78 Å². The van der Waals surface area contributed by atoms with Gasteiger partial charge in [0.1, 0.15) is 6.61 Å². The van der Waals surface area contributed by atoms with Crippen LogP contribution in [0, 0.1) is 6.92 Å². The number of aromatic nitrogens is 2. The molecule has 0 spiro atoms. The van der Waals surface area contributed by atoms with E-state index in [0.717, 1.165) is 22.3 Å². The number of hydrogen-bond acceptors (Lipinski definition) is 4. The lowest BCUT2D eigenvalue weighted by atomic mass is 10.00. The molecule has 0 radical (unpaired) electrons. The number of benzene rings is 3. The number of hydrogen-bond donors (Lipinski definition) is 1. The first kappa shape index (κ1) is 24.5. The third-order valence-corrected chi connectivity index (χ3v) is 6.06. The Morgan fingerprint density at radius 2 is 1.66 bits per heavy atom. The second-order valence-electron chi connectivity index (χ2n) is 8.11. The summed E-state index contributed by atoms with van der Waals surface area (Å²) in [6.07, 6.45) is 1.68. The van der Waals surface area contributed by atoms with Gasteiger partial charge in [-0.3, -0.25) is 9.59 Å². The largest absolute Gasteiger partial charge is 0.481 e. The van der Waals surface area contributed by atoms with Gasteiger partial charge in [-0.25, -0.2) is 0 Å². The molecule has 0 unspecified atom stereocenters. The molecule has 0 atom stereocenters. The highest BCUT2D eigenvalue weighted by molar-refractivity contribution is 6.32. The lowest BCUT2D eigenvalue weighted by Crippen LogP contribution is -2.15. The van der Waals surface area contributed by atoms with E-state index in [4.69, 9.17) is 33.0 Å². The molecule has 1 N–H and O–H groups in total. The summed E-state index contributed by atoms with van der Waals surface area (Å²) in [6, 6.07) is 20.0. The summed E-state index contributed by atoms with van der Waals surface area (Å²) in [7, 11) is 0. The van der Waals surface area contributed by atoms with Gasteiger partial charge >= 0.3 is 5.97 Å². The van der Waals surface area contributed by atoms with Crippen LogP contribution in [0.25, 0.3) is 16.8 Å². The minimum atomic E-state index is -0.873. The highest BCUT2D eigenvalue weighted by Crippen LogP contribution is 2.28. The molecule has 4 aromatic rings. The van der Waals surface area contributed by atoms with Crippen LogP contribution in [0.1, 0.15) is 16.7 Å². The van der Waals surface area contributed by atoms with Crippen LogP contribution < -0.4 is 4.74 Å². The molecule has 0 bridgehead atoms. The highest BCUT2D eigenvalue weighted by atomic mass is 35.5. The number of ether oxygens (including phenoxy) is 1. The number of nitrogens with zero attached hydrogens (tertiary/aromatic N) is 2. The van der Waals surface area contributed by atoms with Crippen molar-refractivity contribution in [2.45, 2.75) is 19.8 Å². The van der Waals surface area contributed by atoms with Gasteiger partial charge in [-0.05, 0) is 52.9 Å². The maximum Gasteiger partial charge on any atom is 0.307 e. The van der Waals surface area contributed by atoms with E-state index < -0.39 is 5.97 Å². The maximum absolute atomic E-state index is 12.6. The van der Waals surface area contributed by atoms with E-state index in [1.165, 1.54) is 0 Å². The maximum atomic E-state index is 12.6. The van der Waals surface area contributed by atoms with Crippen LogP contribution in [0.4, 0.5) is 0 Å². The van der Waals surface area contributed by atoms with Crippen LogP contribution in [0.15, 0.2) is 72.9 Å². The van der Waals surface area contributed by atoms with E-state index in [1.54, 1.807) is 35.1 Å². The Morgan fingerprint density at radius 3 is 2.34 bits per heavy atom. The van der Waals surface area contributed by atoms with E-state index in [2.05, 4.69) is 5.10 Å². The Kier molecular flexibility index (Phi) is 7.54. The van der Waals surface area contributed by atoms with Gasteiger partial charge in [0.2, 0.25) is 5.88 Å². The first-order valence-corrected chi connectivity index (χ1v) is 11.6. The second kappa shape index (κ2) is 10.8. The number of carboxylic acid groups (broad SMARTS) is 1. The number of carbonyl (C=O) groups excluding carboxylic acids is 1. The average molecular weight is 509 g/mol. The lowest BCUT2D eigenvalue weighted by molar-refractivity contribution is -0.136. The van der Waals surface area contributed by atoms with Gasteiger partial charge in [-0.1, -0.05) is 65.7 Å². The molecule has 0 fully saturated rings. The summed E-state index contributed by atoms with van der Waals surface area (Å²) in [5, 5.41) is 14.2. The van der Waals surface area contributed by atoms with Crippen molar-refractivity contribution in [2.24, 2.45) is 0 Å². The number of aliphatic carboxylic acids is 1. The van der Waals surface area contributed by atoms with Crippen molar-refractivity contribution in [3.63, 3.8) is 0 Å². The molecule has 8 heteroatoms. The smallest absolute Gasteiger partial charge is 0.307 e. The normalized spacial score (nSPS) is 10.8. The topological polar surface area (TPSA) is 81.4 Å². The third-order valence-electron chi connectivity index (χ3n) is 5.40. The number of carboxylic acids is 1. The number of rotatable bonds is 9. The molecule has 0 aliphatic heterocycles. The molecule has 1 heterocycles. The van der Waals surface area contributed by atoms with E-state index in [0.29, 0.717) is 27.2 Å². The zero-order valence-corrected chi connectivity index (χ0v) is 20.4. The quantitative estimate of drug-likeness (QED) is 0.301. The molecule has 0 amide bonds. The van der Waals surface area contributed by atoms with E-state index in [1.807, 2.05) is 49.4 Å². The summed E-state index contributed by atoms with van der Waals surface area (Å²) in [4.78, 5) is 23.5. The summed E-state index contributed by atoms with van der Waals surface area (Å²) in [5.74, 6) is -0.598. The zero-order chi connectivity index (χ0) is 24.9. The van der Waals surface area contributed by atoms with Gasteiger partial charge in [0.25, 0.3) is 0 Å². The first-order valence-electron chi connectivity index (χ1n) is 10.8. The van der Waals surface area contributed by atoms with Gasteiger partial charge < -0.3 is 9.84 Å². The summed E-state index contributed by atoms with van der Waals surface area (Å²) in [5.41, 5.74) is 4.90. The first-order chi connectivity index (χ1) is 16.8. The van der Waals surface area contributed by atoms with Crippen molar-refractivity contribution in [3.05, 3.63) is 99.7 Å². The van der Waals surface area contributed by atoms with Crippen LogP contribution in [-0.2, 0) is 22.4 Å². The fourth-order valence-electron chi connectivity index (χ4n) is 3.64. The molecule has 1 aromatic heterocycles. The second-order valence-corrected chi connectivity index (χ2v) is 8.93. The van der Waals surface area contributed by atoms with Gasteiger partial charge in [0, 0.05) is 17.5 Å². The SMILES string of the molecule is Cc1ccc(-n2nccc2OCC(=O)Cc2ccc(-c3ccc(CC(=O)O)cc3)cc2Cl)c(Cl)c1. The van der Waals surface area contributed by atoms with Crippen LogP contribution in [0.2, 0.25) is 10.0 Å². The molecular weight excluding hydrogens is 487 g/mol. The molecule has 0 aliphatic carbocycles. The minimum absolute atomic E-state index is 0.0248. The lowest BCUT2D eigenvalue weighted by Gasteiger charge is -2.11. The molecule has 3 aromatic carbocycles. The van der Waals surface area contributed by atoms with Crippen molar-refractivity contribution in [2.75, 3.05) is 6.61 Å². The Labute approximate surface area is 212 Å². The van der Waals surface area contributed by atoms with Gasteiger partial charge in [0.15, 0.2) is 5.78 Å². The molecule has 35 heavy (non-hydrogen) atoms. The summed E-state index contributed by atoms with van der Waals surface area (Å²) in [6.45, 7) is 1.81. The Bertz CT molecular complexity index is 1380. The Morgan fingerprint density at radius 1 is 0.914 bits per heavy atom. The van der Waals surface area contributed by atoms with Crippen molar-refractivity contribution in [1.82, 2.24) is 9.78 Å². The van der Waals surface area contributed by atoms with Gasteiger partial charge in [-0.15, -0.1) is 0 Å². The fraction of sp³-hybridized carbons (Fsp3) is 0.148. The molecule has 0 aliphatic rings. The Hall–Kier alpha value is -3.61. The van der Waals surface area contributed by atoms with Crippen LogP contribution in [-0.4, -0.2) is 33.2 Å². The summed E-state index contributed by atoms with van der Waals surface area (Å²) >= 11 is 12.8. The number of aryl methyl sites for hydroxylation is 1. The number of Topliss-reactive ketones (excluding diaryl/α,β-unsaturated/α-hetero) is 1. The zero-order valence-electron chi connectivity index (χ0n) is 18.9. The van der Waals surface area contributed by atoms with E-state index in [-0.39, 0.29) is 25.2 Å². The fourth-order valence-corrected chi connectivity index (χ4v) is 4.21. The van der Waals surface area contributed by atoms with Crippen molar-refractivity contribution in [3.8, 4) is 22.7 Å². The predicted octanol–water partition coefficient (Wildman–Crippen LogP) is 5.97. The Balaban J connectivity index is 1.40. The van der Waals surface area contributed by atoms with Crippen LogP contribution in [0.5, 0.6) is 5.88 Å². The van der Waals surface area contributed by atoms with Crippen molar-refractivity contribution >= 4 is 35.0 Å². The van der Waals surface area contributed by atoms with E-state index in [9.17, 15) is 9.59 Å². The average Bonchev–Trinajstić information content (AvgIpc) is 3.27.